The highest BCUT2D eigenvalue weighted by Crippen LogP contribution is 2.39. The second-order valence-electron chi connectivity index (χ2n) is 9.76. The zero-order chi connectivity index (χ0) is 27.8. The molecule has 6 nitrogen and oxygen atoms in total. The van der Waals surface area contributed by atoms with E-state index in [2.05, 4.69) is 15.9 Å². The predicted molar refractivity (Wildman–Crippen MR) is 156 cm³/mol. The van der Waals surface area contributed by atoms with E-state index in [0.29, 0.717) is 45.6 Å². The molecular formula is C30H25BrCl2N2O4. The van der Waals surface area contributed by atoms with Crippen LogP contribution in [0.1, 0.15) is 34.3 Å². The predicted octanol–water partition coefficient (Wildman–Crippen LogP) is 7.58. The molecule has 9 heteroatoms. The van der Waals surface area contributed by atoms with Crippen LogP contribution >= 0.6 is 39.1 Å². The third-order valence-corrected chi connectivity index (χ3v) is 8.34. The zero-order valence-corrected chi connectivity index (χ0v) is 24.4. The molecule has 1 aliphatic carbocycles. The van der Waals surface area contributed by atoms with Crippen molar-refractivity contribution >= 4 is 62.5 Å². The number of carbonyl (C=O) groups is 3. The van der Waals surface area contributed by atoms with Crippen molar-refractivity contribution in [2.24, 2.45) is 11.8 Å². The molecule has 1 aliphatic heterocycles. The third kappa shape index (κ3) is 5.49. The third-order valence-electron chi connectivity index (χ3n) is 7.11. The van der Waals surface area contributed by atoms with Gasteiger partial charge >= 0.3 is 0 Å². The number of imide groups is 1. The van der Waals surface area contributed by atoms with E-state index < -0.39 is 0 Å². The van der Waals surface area contributed by atoms with Crippen molar-refractivity contribution in [2.75, 3.05) is 11.9 Å². The van der Waals surface area contributed by atoms with Gasteiger partial charge < -0.3 is 9.64 Å². The number of hydrogen-bond acceptors (Lipinski definition) is 4. The summed E-state index contributed by atoms with van der Waals surface area (Å²) in [6, 6.07) is 15.7. The van der Waals surface area contributed by atoms with Gasteiger partial charge in [0, 0.05) is 35.3 Å². The van der Waals surface area contributed by atoms with Crippen molar-refractivity contribution in [3.63, 3.8) is 0 Å². The van der Waals surface area contributed by atoms with Crippen LogP contribution in [0, 0.1) is 18.8 Å². The largest absolute Gasteiger partial charge is 0.457 e. The average Bonchev–Trinajstić information content (AvgIpc) is 3.17. The molecule has 0 aromatic heterocycles. The molecule has 0 bridgehead atoms. The fraction of sp³-hybridized carbons (Fsp3) is 0.233. The monoisotopic (exact) mass is 626 g/mol. The molecule has 2 aliphatic rings. The average molecular weight is 628 g/mol. The smallest absolute Gasteiger partial charge is 0.253 e. The number of benzene rings is 3. The van der Waals surface area contributed by atoms with Crippen LogP contribution < -0.4 is 9.64 Å². The summed E-state index contributed by atoms with van der Waals surface area (Å²) < 4.78 is 6.90. The van der Waals surface area contributed by atoms with Gasteiger partial charge in [-0.15, -0.1) is 0 Å². The van der Waals surface area contributed by atoms with Crippen molar-refractivity contribution < 1.29 is 19.1 Å². The van der Waals surface area contributed by atoms with Crippen LogP contribution in [0.25, 0.3) is 0 Å². The van der Waals surface area contributed by atoms with Crippen molar-refractivity contribution in [1.82, 2.24) is 4.90 Å². The van der Waals surface area contributed by atoms with Crippen LogP contribution in [0.5, 0.6) is 11.5 Å². The zero-order valence-electron chi connectivity index (χ0n) is 21.3. The van der Waals surface area contributed by atoms with Crippen molar-refractivity contribution in [3.05, 3.63) is 98.0 Å². The Balaban J connectivity index is 1.38. The lowest BCUT2D eigenvalue weighted by Gasteiger charge is -2.22. The first-order valence-corrected chi connectivity index (χ1v) is 14.0. The lowest BCUT2D eigenvalue weighted by Crippen LogP contribution is -2.32. The quantitative estimate of drug-likeness (QED) is 0.209. The van der Waals surface area contributed by atoms with Crippen LogP contribution in [0.2, 0.25) is 10.0 Å². The first-order chi connectivity index (χ1) is 18.6. The maximum Gasteiger partial charge on any atom is 0.253 e. The first kappa shape index (κ1) is 27.4. The van der Waals surface area contributed by atoms with E-state index in [9.17, 15) is 14.4 Å². The van der Waals surface area contributed by atoms with E-state index in [4.69, 9.17) is 27.9 Å². The number of carbonyl (C=O) groups excluding carboxylic acids is 3. The van der Waals surface area contributed by atoms with Crippen LogP contribution in [0.4, 0.5) is 5.69 Å². The molecule has 0 radical (unpaired) electrons. The summed E-state index contributed by atoms with van der Waals surface area (Å²) >= 11 is 15.7. The van der Waals surface area contributed by atoms with Crippen LogP contribution in [0.15, 0.2) is 71.2 Å². The number of nitrogens with zero attached hydrogens (tertiary/aromatic N) is 2. The van der Waals surface area contributed by atoms with E-state index in [1.54, 1.807) is 48.3 Å². The minimum atomic E-state index is -0.338. The summed E-state index contributed by atoms with van der Waals surface area (Å²) in [6.07, 6.45) is 5.04. The van der Waals surface area contributed by atoms with E-state index >= 15 is 0 Å². The Morgan fingerprint density at radius 1 is 0.974 bits per heavy atom. The first-order valence-electron chi connectivity index (χ1n) is 12.4. The lowest BCUT2D eigenvalue weighted by molar-refractivity contribution is -0.122. The molecule has 39 heavy (non-hydrogen) atoms. The second-order valence-corrected chi connectivity index (χ2v) is 11.5. The number of halogens is 3. The van der Waals surface area contributed by atoms with Gasteiger partial charge in [0.2, 0.25) is 11.8 Å². The fourth-order valence-corrected chi connectivity index (χ4v) is 5.62. The molecule has 3 amide bonds. The Morgan fingerprint density at radius 3 is 2.33 bits per heavy atom. The molecule has 3 aromatic rings. The molecule has 1 heterocycles. The normalized spacial score (nSPS) is 18.3. The maximum atomic E-state index is 13.5. The number of fused-ring (bicyclic) bond motifs is 1. The standard InChI is InChI=1S/C30H25BrCl2N2O4/c1-17-7-8-18(13-26(17)35-29(37)22-5-3-4-6-23(22)30(35)38)28(36)34(2)16-19-9-10-20(31)14-27(19)39-21-11-12-24(32)25(33)15-21/h3-4,7-15,22-23H,5-6,16H2,1-2H3. The molecule has 0 saturated carbocycles. The highest BCUT2D eigenvalue weighted by atomic mass is 79.9. The molecule has 3 aromatic carbocycles. The van der Waals surface area contributed by atoms with Crippen molar-refractivity contribution in [3.8, 4) is 11.5 Å². The van der Waals surface area contributed by atoms with Crippen LogP contribution in [0.3, 0.4) is 0 Å². The summed E-state index contributed by atoms with van der Waals surface area (Å²) in [5.41, 5.74) is 2.38. The highest BCUT2D eigenvalue weighted by molar-refractivity contribution is 9.10. The summed E-state index contributed by atoms with van der Waals surface area (Å²) in [6.45, 7) is 2.09. The number of amides is 3. The van der Waals surface area contributed by atoms with Crippen molar-refractivity contribution in [1.29, 1.82) is 0 Å². The Kier molecular flexibility index (Phi) is 7.85. The van der Waals surface area contributed by atoms with E-state index in [1.807, 2.05) is 37.3 Å². The van der Waals surface area contributed by atoms with Gasteiger partial charge in [0.25, 0.3) is 5.91 Å². The maximum absolute atomic E-state index is 13.5. The topological polar surface area (TPSA) is 66.9 Å². The van der Waals surface area contributed by atoms with E-state index in [-0.39, 0.29) is 36.1 Å². The Labute approximate surface area is 245 Å². The molecule has 1 fully saturated rings. The number of ether oxygens (including phenoxy) is 1. The van der Waals surface area contributed by atoms with E-state index in [1.165, 1.54) is 4.90 Å². The Bertz CT molecular complexity index is 1500. The minimum absolute atomic E-state index is 0.200. The Hall–Kier alpha value is -3.13. The van der Waals surface area contributed by atoms with Gasteiger partial charge in [-0.25, -0.2) is 4.90 Å². The molecule has 1 saturated heterocycles. The van der Waals surface area contributed by atoms with Crippen LogP contribution in [-0.4, -0.2) is 29.7 Å². The summed E-state index contributed by atoms with van der Waals surface area (Å²) in [4.78, 5) is 42.7. The molecule has 0 spiro atoms. The van der Waals surface area contributed by atoms with Gasteiger partial charge in [0.1, 0.15) is 11.5 Å². The number of allylic oxidation sites excluding steroid dienone is 2. The molecular weight excluding hydrogens is 603 g/mol. The minimum Gasteiger partial charge on any atom is -0.457 e. The molecule has 5 rings (SSSR count). The van der Waals surface area contributed by atoms with Gasteiger partial charge in [-0.2, -0.15) is 0 Å². The summed E-state index contributed by atoms with van der Waals surface area (Å²) in [5, 5.41) is 0.799. The molecule has 200 valence electrons. The molecule has 0 N–H and O–H groups in total. The summed E-state index contributed by atoms with van der Waals surface area (Å²) in [5.74, 6) is -0.264. The number of rotatable bonds is 6. The van der Waals surface area contributed by atoms with Gasteiger partial charge in [-0.1, -0.05) is 63.4 Å². The van der Waals surface area contributed by atoms with E-state index in [0.717, 1.165) is 15.6 Å². The number of aryl methyl sites for hydroxylation is 1. The van der Waals surface area contributed by atoms with Gasteiger partial charge in [-0.05, 0) is 61.7 Å². The molecule has 2 atom stereocenters. The molecule has 2 unspecified atom stereocenters. The van der Waals surface area contributed by atoms with Gasteiger partial charge in [0.05, 0.1) is 27.6 Å². The van der Waals surface area contributed by atoms with Gasteiger partial charge in [0.15, 0.2) is 0 Å². The lowest BCUT2D eigenvalue weighted by atomic mass is 9.85. The van der Waals surface area contributed by atoms with Crippen molar-refractivity contribution in [2.45, 2.75) is 26.3 Å². The fourth-order valence-electron chi connectivity index (χ4n) is 4.99. The van der Waals surface area contributed by atoms with Crippen LogP contribution in [-0.2, 0) is 16.1 Å². The Morgan fingerprint density at radius 2 is 1.67 bits per heavy atom. The SMILES string of the molecule is Cc1ccc(C(=O)N(C)Cc2ccc(Br)cc2Oc2ccc(Cl)c(Cl)c2)cc1N1C(=O)C2CC=CCC2C1=O. The van der Waals surface area contributed by atoms with Gasteiger partial charge in [-0.3, -0.25) is 14.4 Å². The number of hydrogen-bond donors (Lipinski definition) is 0. The second kappa shape index (κ2) is 11.2. The summed E-state index contributed by atoms with van der Waals surface area (Å²) in [7, 11) is 1.69. The number of anilines is 1. The highest BCUT2D eigenvalue weighted by Gasteiger charge is 2.48.